The van der Waals surface area contributed by atoms with E-state index < -0.39 is 0 Å². The first kappa shape index (κ1) is 6.88. The molecule has 0 unspecified atom stereocenters. The molecule has 0 aromatic heterocycles. The van der Waals surface area contributed by atoms with E-state index in [0.29, 0.717) is 0 Å². The van der Waals surface area contributed by atoms with E-state index in [-0.39, 0.29) is 0 Å². The highest BCUT2D eigenvalue weighted by molar-refractivity contribution is 4.11. The van der Waals surface area contributed by atoms with E-state index >= 15 is 0 Å². The molecule has 3 heteroatoms. The molecular formula is C4H12NO2+. The molecule has 3 nitrogen and oxygen atoms in total. The Morgan fingerprint density at radius 2 is 2.14 bits per heavy atom. The number of rotatable bonds is 4. The first-order valence-corrected chi connectivity index (χ1v) is 2.25. The third-order valence-electron chi connectivity index (χ3n) is 0.606. The first-order valence-electron chi connectivity index (χ1n) is 2.25. The lowest BCUT2D eigenvalue weighted by Crippen LogP contribution is -2.83. The summed E-state index contributed by atoms with van der Waals surface area (Å²) in [5.74, 6) is 0. The van der Waals surface area contributed by atoms with Gasteiger partial charge in [0.05, 0.1) is 13.7 Å². The molecule has 2 N–H and O–H groups in total. The predicted octanol–water partition coefficient (Wildman–Crippen LogP) is -1.24. The van der Waals surface area contributed by atoms with E-state index in [2.05, 4.69) is 4.84 Å². The molecule has 0 aliphatic carbocycles. The SMILES string of the molecule is COCC[NH2+]OC. The average Bonchev–Trinajstić information content (AvgIpc) is 1.69. The summed E-state index contributed by atoms with van der Waals surface area (Å²) < 4.78 is 4.73. The Hall–Kier alpha value is -0.120. The van der Waals surface area contributed by atoms with Crippen molar-refractivity contribution in [1.82, 2.24) is 0 Å². The third kappa shape index (κ3) is 5.88. The molecule has 0 atom stereocenters. The van der Waals surface area contributed by atoms with Crippen LogP contribution in [-0.2, 0) is 9.57 Å². The zero-order valence-electron chi connectivity index (χ0n) is 4.81. The molecular weight excluding hydrogens is 94.0 g/mol. The summed E-state index contributed by atoms with van der Waals surface area (Å²) in [5.41, 5.74) is 1.71. The molecule has 0 aromatic carbocycles. The van der Waals surface area contributed by atoms with E-state index in [4.69, 9.17) is 4.74 Å². The van der Waals surface area contributed by atoms with Crippen molar-refractivity contribution in [3.63, 3.8) is 0 Å². The van der Waals surface area contributed by atoms with Crippen LogP contribution in [0.15, 0.2) is 0 Å². The maximum Gasteiger partial charge on any atom is 0.129 e. The van der Waals surface area contributed by atoms with Crippen LogP contribution in [0.4, 0.5) is 0 Å². The molecule has 0 saturated heterocycles. The summed E-state index contributed by atoms with van der Waals surface area (Å²) in [7, 11) is 3.30. The van der Waals surface area contributed by atoms with E-state index in [9.17, 15) is 0 Å². The van der Waals surface area contributed by atoms with Crippen LogP contribution in [0.1, 0.15) is 0 Å². The number of ether oxygens (including phenoxy) is 1. The molecule has 7 heavy (non-hydrogen) atoms. The molecule has 0 aliphatic rings. The number of methoxy groups -OCH3 is 1. The topological polar surface area (TPSA) is 35.1 Å². The molecule has 0 rings (SSSR count). The maximum absolute atomic E-state index is 4.73. The van der Waals surface area contributed by atoms with E-state index in [1.54, 1.807) is 19.7 Å². The van der Waals surface area contributed by atoms with Gasteiger partial charge < -0.3 is 4.74 Å². The summed E-state index contributed by atoms with van der Waals surface area (Å²) in [6, 6.07) is 0. The van der Waals surface area contributed by atoms with Crippen molar-refractivity contribution in [2.45, 2.75) is 0 Å². The number of nitrogens with two attached hydrogens (primary N) is 1. The Balaban J connectivity index is 2.45. The fourth-order valence-corrected chi connectivity index (χ4v) is 0.284. The van der Waals surface area contributed by atoms with Crippen molar-refractivity contribution in [3.8, 4) is 0 Å². The van der Waals surface area contributed by atoms with Crippen LogP contribution in [0.2, 0.25) is 0 Å². The van der Waals surface area contributed by atoms with Gasteiger partial charge in [-0.25, -0.2) is 4.84 Å². The van der Waals surface area contributed by atoms with Crippen LogP contribution in [0.5, 0.6) is 0 Å². The second-order valence-corrected chi connectivity index (χ2v) is 1.18. The summed E-state index contributed by atoms with van der Waals surface area (Å²) >= 11 is 0. The van der Waals surface area contributed by atoms with Crippen LogP contribution < -0.4 is 5.48 Å². The van der Waals surface area contributed by atoms with E-state index in [0.717, 1.165) is 13.2 Å². The van der Waals surface area contributed by atoms with Gasteiger partial charge in [-0.3, -0.25) is 0 Å². The molecule has 0 bridgehead atoms. The number of hydrogen-bond acceptors (Lipinski definition) is 2. The summed E-state index contributed by atoms with van der Waals surface area (Å²) in [5, 5.41) is 0. The number of hydrogen-bond donors (Lipinski definition) is 1. The van der Waals surface area contributed by atoms with Gasteiger partial charge in [-0.2, -0.15) is 5.48 Å². The van der Waals surface area contributed by atoms with Gasteiger partial charge in [0.25, 0.3) is 0 Å². The van der Waals surface area contributed by atoms with Crippen molar-refractivity contribution in [1.29, 1.82) is 0 Å². The summed E-state index contributed by atoms with van der Waals surface area (Å²) in [6.07, 6.45) is 0. The molecule has 0 aliphatic heterocycles. The number of quaternary nitrogens is 1. The monoisotopic (exact) mass is 106 g/mol. The average molecular weight is 106 g/mol. The number of hydroxylamine groups is 1. The van der Waals surface area contributed by atoms with Crippen LogP contribution in [-0.4, -0.2) is 27.4 Å². The quantitative estimate of drug-likeness (QED) is 0.359. The Kier molecular flexibility index (Phi) is 5.78. The minimum atomic E-state index is 0.744. The lowest BCUT2D eigenvalue weighted by molar-refractivity contribution is -0.889. The minimum absolute atomic E-state index is 0.744. The van der Waals surface area contributed by atoms with Crippen LogP contribution in [0.3, 0.4) is 0 Å². The first-order chi connectivity index (χ1) is 3.41. The molecule has 0 aromatic rings. The minimum Gasteiger partial charge on any atom is -0.379 e. The Labute approximate surface area is 43.6 Å². The molecule has 0 saturated carbocycles. The van der Waals surface area contributed by atoms with Gasteiger partial charge in [0.15, 0.2) is 0 Å². The van der Waals surface area contributed by atoms with Gasteiger partial charge >= 0.3 is 0 Å². The highest BCUT2D eigenvalue weighted by Gasteiger charge is 1.81. The van der Waals surface area contributed by atoms with Crippen LogP contribution in [0, 0.1) is 0 Å². The van der Waals surface area contributed by atoms with Gasteiger partial charge in [0.2, 0.25) is 0 Å². The smallest absolute Gasteiger partial charge is 0.129 e. The largest absolute Gasteiger partial charge is 0.379 e. The Bertz CT molecular complexity index is 28.9. The molecule has 0 radical (unpaired) electrons. The second-order valence-electron chi connectivity index (χ2n) is 1.18. The van der Waals surface area contributed by atoms with Crippen molar-refractivity contribution in [3.05, 3.63) is 0 Å². The molecule has 0 amide bonds. The van der Waals surface area contributed by atoms with Gasteiger partial charge in [-0.05, 0) is 0 Å². The van der Waals surface area contributed by atoms with E-state index in [1.165, 1.54) is 0 Å². The second kappa shape index (κ2) is 5.88. The maximum atomic E-state index is 4.73. The van der Waals surface area contributed by atoms with Gasteiger partial charge in [-0.1, -0.05) is 0 Å². The lowest BCUT2D eigenvalue weighted by atomic mass is 10.7. The zero-order valence-corrected chi connectivity index (χ0v) is 4.81. The Morgan fingerprint density at radius 1 is 1.43 bits per heavy atom. The molecule has 0 heterocycles. The molecule has 44 valence electrons. The highest BCUT2D eigenvalue weighted by atomic mass is 16.6. The van der Waals surface area contributed by atoms with Crippen molar-refractivity contribution < 1.29 is 15.1 Å². The van der Waals surface area contributed by atoms with Gasteiger partial charge in [0.1, 0.15) is 6.54 Å². The third-order valence-corrected chi connectivity index (χ3v) is 0.606. The van der Waals surface area contributed by atoms with Crippen molar-refractivity contribution in [2.75, 3.05) is 27.4 Å². The summed E-state index contributed by atoms with van der Waals surface area (Å²) in [4.78, 5) is 4.64. The zero-order chi connectivity index (χ0) is 5.54. The Morgan fingerprint density at radius 3 is 2.57 bits per heavy atom. The van der Waals surface area contributed by atoms with E-state index in [1.807, 2.05) is 0 Å². The standard InChI is InChI=1S/C4H11NO2/c1-6-4-3-5-7-2/h5H,3-4H2,1-2H3/p+1. The normalized spacial score (nSPS) is 9.43. The van der Waals surface area contributed by atoms with Crippen LogP contribution in [0.25, 0.3) is 0 Å². The molecule has 0 spiro atoms. The van der Waals surface area contributed by atoms with Crippen molar-refractivity contribution >= 4 is 0 Å². The molecule has 0 fully saturated rings. The van der Waals surface area contributed by atoms with Crippen molar-refractivity contribution in [2.24, 2.45) is 0 Å². The van der Waals surface area contributed by atoms with Gasteiger partial charge in [-0.15, -0.1) is 0 Å². The predicted molar refractivity (Wildman–Crippen MR) is 25.7 cm³/mol. The fraction of sp³-hybridized carbons (Fsp3) is 1.00. The highest BCUT2D eigenvalue weighted by Crippen LogP contribution is 1.53. The van der Waals surface area contributed by atoms with Crippen LogP contribution >= 0.6 is 0 Å². The summed E-state index contributed by atoms with van der Waals surface area (Å²) in [6.45, 7) is 1.61. The van der Waals surface area contributed by atoms with Gasteiger partial charge in [0, 0.05) is 7.11 Å². The lowest BCUT2D eigenvalue weighted by Gasteiger charge is -1.92. The fourth-order valence-electron chi connectivity index (χ4n) is 0.284.